The minimum Gasteiger partial charge on any atom is -0.456 e. The van der Waals surface area contributed by atoms with E-state index < -0.39 is 0 Å². The summed E-state index contributed by atoms with van der Waals surface area (Å²) in [4.78, 5) is 7.71. The number of nitrogens with zero attached hydrogens (tertiary/aromatic N) is 2. The molecule has 8 aromatic carbocycles. The van der Waals surface area contributed by atoms with Gasteiger partial charge in [-0.1, -0.05) is 127 Å². The van der Waals surface area contributed by atoms with Gasteiger partial charge in [-0.05, 0) is 76.0 Å². The summed E-state index contributed by atoms with van der Waals surface area (Å²) in [5.74, 6) is 1.70. The maximum absolute atomic E-state index is 6.43. The second-order valence-electron chi connectivity index (χ2n) is 14.0. The smallest absolute Gasteiger partial charge is 0.157 e. The van der Waals surface area contributed by atoms with Crippen LogP contribution in [0.25, 0.3) is 71.1 Å². The van der Waals surface area contributed by atoms with Gasteiger partial charge < -0.3 is 14.3 Å². The van der Waals surface area contributed by atoms with Crippen LogP contribution in [-0.4, -0.2) is 10.4 Å². The Morgan fingerprint density at radius 3 is 2.25 bits per heavy atom. The fourth-order valence-corrected chi connectivity index (χ4v) is 9.78. The summed E-state index contributed by atoms with van der Waals surface area (Å²) in [7, 11) is 0. The Bertz CT molecular complexity index is 3190. The molecule has 0 aliphatic carbocycles. The molecule has 0 amide bonds. The molecule has 0 fully saturated rings. The highest BCUT2D eigenvalue weighted by Crippen LogP contribution is 2.50. The molecule has 4 heterocycles. The van der Waals surface area contributed by atoms with E-state index in [0.29, 0.717) is 0 Å². The second kappa shape index (κ2) is 11.0. The van der Waals surface area contributed by atoms with Crippen LogP contribution < -0.4 is 5.32 Å². The normalized spacial score (nSPS) is 14.8. The van der Waals surface area contributed by atoms with E-state index in [9.17, 15) is 0 Å². The molecule has 1 unspecified atom stereocenters. The van der Waals surface area contributed by atoms with E-state index in [4.69, 9.17) is 9.41 Å². The lowest BCUT2D eigenvalue weighted by atomic mass is 9.95. The molecule has 0 bridgehead atoms. The van der Waals surface area contributed by atoms with Gasteiger partial charge in [0, 0.05) is 42.3 Å². The van der Waals surface area contributed by atoms with Crippen LogP contribution in [0.15, 0.2) is 183 Å². The second-order valence-corrected chi connectivity index (χ2v) is 15.0. The number of hydrogen-bond acceptors (Lipinski definition) is 4. The number of fused-ring (bicyclic) bond motifs is 9. The van der Waals surface area contributed by atoms with Gasteiger partial charge in [0.1, 0.15) is 23.1 Å². The molecule has 0 saturated heterocycles. The largest absolute Gasteiger partial charge is 0.456 e. The van der Waals surface area contributed by atoms with E-state index in [1.54, 1.807) is 0 Å². The number of furan rings is 1. The van der Waals surface area contributed by atoms with Crippen LogP contribution in [-0.2, 0) is 0 Å². The molecule has 248 valence electrons. The van der Waals surface area contributed by atoms with Gasteiger partial charge in [-0.25, -0.2) is 4.99 Å². The number of hydrogen-bond donors (Lipinski definition) is 1. The summed E-state index contributed by atoms with van der Waals surface area (Å²) in [5.41, 5.74) is 10.1. The van der Waals surface area contributed by atoms with Crippen molar-refractivity contribution < 1.29 is 4.42 Å². The Kier molecular flexibility index (Phi) is 6.02. The van der Waals surface area contributed by atoms with Crippen molar-refractivity contribution in [2.75, 3.05) is 0 Å². The van der Waals surface area contributed by atoms with Crippen LogP contribution in [0.5, 0.6) is 0 Å². The van der Waals surface area contributed by atoms with E-state index >= 15 is 0 Å². The van der Waals surface area contributed by atoms with Gasteiger partial charge in [0.05, 0.1) is 16.7 Å². The van der Waals surface area contributed by atoms with Crippen molar-refractivity contribution in [3.8, 4) is 16.8 Å². The molecule has 0 radical (unpaired) electrons. The predicted octanol–water partition coefficient (Wildman–Crippen LogP) is 12.7. The molecule has 5 heteroatoms. The van der Waals surface area contributed by atoms with E-state index in [0.717, 1.165) is 39.4 Å². The van der Waals surface area contributed by atoms with Crippen LogP contribution in [0.3, 0.4) is 0 Å². The summed E-state index contributed by atoms with van der Waals surface area (Å²) >= 11 is 1.84. The molecule has 0 saturated carbocycles. The maximum atomic E-state index is 6.43. The SMILES string of the molecule is c1ccc(C2NC(c3ccc4c(c3)Sc3ccc(-n5c6ccccc6c6cc7ccccc7cc65)c5cccc-4c35)=Nc3c2oc2ccccc32)cc1. The molecule has 10 aromatic rings. The van der Waals surface area contributed by atoms with Crippen LogP contribution in [0.4, 0.5) is 5.69 Å². The predicted molar refractivity (Wildman–Crippen MR) is 219 cm³/mol. The first-order chi connectivity index (χ1) is 26.3. The number of nitrogens with one attached hydrogen (secondary N) is 1. The van der Waals surface area contributed by atoms with E-state index in [1.807, 2.05) is 30.0 Å². The van der Waals surface area contributed by atoms with E-state index in [1.165, 1.54) is 70.0 Å². The average molecular weight is 696 g/mol. The zero-order valence-corrected chi connectivity index (χ0v) is 29.2. The third-order valence-corrected chi connectivity index (χ3v) is 12.1. The molecule has 2 aliphatic rings. The molecule has 4 nitrogen and oxygen atoms in total. The Morgan fingerprint density at radius 1 is 0.566 bits per heavy atom. The molecule has 12 rings (SSSR count). The molecular weight excluding hydrogens is 667 g/mol. The zero-order valence-electron chi connectivity index (χ0n) is 28.4. The summed E-state index contributed by atoms with van der Waals surface area (Å²) in [5, 5.41) is 12.4. The van der Waals surface area contributed by atoms with Crippen LogP contribution in [0, 0.1) is 0 Å². The van der Waals surface area contributed by atoms with Gasteiger partial charge in [0.25, 0.3) is 0 Å². The van der Waals surface area contributed by atoms with Crippen molar-refractivity contribution in [3.05, 3.63) is 181 Å². The maximum Gasteiger partial charge on any atom is 0.157 e. The van der Waals surface area contributed by atoms with Crippen molar-refractivity contribution in [2.24, 2.45) is 4.99 Å². The Morgan fingerprint density at radius 2 is 1.34 bits per heavy atom. The molecule has 2 aromatic heterocycles. The molecule has 1 atom stereocenters. The lowest BCUT2D eigenvalue weighted by Gasteiger charge is -2.26. The van der Waals surface area contributed by atoms with Gasteiger partial charge in [-0.3, -0.25) is 0 Å². The van der Waals surface area contributed by atoms with Crippen molar-refractivity contribution in [3.63, 3.8) is 0 Å². The molecular formula is C48H29N3OS. The quantitative estimate of drug-likeness (QED) is 0.200. The lowest BCUT2D eigenvalue weighted by molar-refractivity contribution is 0.503. The topological polar surface area (TPSA) is 42.5 Å². The fraction of sp³-hybridized carbons (Fsp3) is 0.0208. The average Bonchev–Trinajstić information content (AvgIpc) is 3.75. The highest BCUT2D eigenvalue weighted by atomic mass is 32.2. The number of amidine groups is 1. The summed E-state index contributed by atoms with van der Waals surface area (Å²) in [6, 6.07) is 58.9. The number of aromatic nitrogens is 1. The standard InChI is InChI=1S/C48H29N3OS/c1-2-11-28(12-3-1)45-47-46(36-16-7-9-20-41(36)52-47)50-48(49-45)31-21-22-33-34-17-10-18-35-39(23-24-42(44(34)35)53-43(33)27-31)51-38-19-8-6-15-32(38)37-25-29-13-4-5-14-30(29)26-40(37)51/h1-27,45H,(H,49,50). The minimum absolute atomic E-state index is 0.151. The van der Waals surface area contributed by atoms with Crippen LogP contribution in [0.2, 0.25) is 0 Å². The molecule has 53 heavy (non-hydrogen) atoms. The Balaban J connectivity index is 1.02. The van der Waals surface area contributed by atoms with Crippen LogP contribution in [0.1, 0.15) is 22.9 Å². The summed E-state index contributed by atoms with van der Waals surface area (Å²) in [6.07, 6.45) is 0. The molecule has 0 spiro atoms. The van der Waals surface area contributed by atoms with E-state index in [2.05, 4.69) is 155 Å². The van der Waals surface area contributed by atoms with Crippen molar-refractivity contribution in [1.29, 1.82) is 0 Å². The van der Waals surface area contributed by atoms with Gasteiger partial charge in [0.15, 0.2) is 5.76 Å². The zero-order chi connectivity index (χ0) is 34.6. The first kappa shape index (κ1) is 29.1. The van der Waals surface area contributed by atoms with Crippen LogP contribution >= 0.6 is 11.8 Å². The first-order valence-electron chi connectivity index (χ1n) is 18.0. The van der Waals surface area contributed by atoms with Gasteiger partial charge in [-0.2, -0.15) is 0 Å². The van der Waals surface area contributed by atoms with Gasteiger partial charge in [0.2, 0.25) is 0 Å². The third-order valence-electron chi connectivity index (χ3n) is 11.0. The van der Waals surface area contributed by atoms with Gasteiger partial charge in [-0.15, -0.1) is 0 Å². The number of aliphatic imine (C=N–C) groups is 1. The summed E-state index contributed by atoms with van der Waals surface area (Å²) in [6.45, 7) is 0. The molecule has 2 aliphatic heterocycles. The number of benzene rings is 8. The lowest BCUT2D eigenvalue weighted by Crippen LogP contribution is -2.32. The van der Waals surface area contributed by atoms with Crippen molar-refractivity contribution in [1.82, 2.24) is 9.88 Å². The fourth-order valence-electron chi connectivity index (χ4n) is 8.61. The number of rotatable bonds is 3. The summed E-state index contributed by atoms with van der Waals surface area (Å²) < 4.78 is 8.90. The van der Waals surface area contributed by atoms with Gasteiger partial charge >= 0.3 is 0 Å². The molecule has 1 N–H and O–H groups in total. The Hall–Kier alpha value is -6.56. The third kappa shape index (κ3) is 4.23. The highest BCUT2D eigenvalue weighted by molar-refractivity contribution is 7.99. The number of para-hydroxylation sites is 2. The van der Waals surface area contributed by atoms with Crippen molar-refractivity contribution >= 4 is 77.6 Å². The monoisotopic (exact) mass is 695 g/mol. The Labute approximate surface area is 309 Å². The van der Waals surface area contributed by atoms with E-state index in [-0.39, 0.29) is 6.04 Å². The van der Waals surface area contributed by atoms with Crippen molar-refractivity contribution in [2.45, 2.75) is 15.8 Å². The first-order valence-corrected chi connectivity index (χ1v) is 18.8. The highest BCUT2D eigenvalue weighted by Gasteiger charge is 2.31. The minimum atomic E-state index is -0.151.